The molecule has 0 radical (unpaired) electrons. The molecule has 0 unspecified atom stereocenters. The summed E-state index contributed by atoms with van der Waals surface area (Å²) in [6, 6.07) is 20.9. The summed E-state index contributed by atoms with van der Waals surface area (Å²) >= 11 is 1.12. The molecule has 1 aromatic heterocycles. The van der Waals surface area contributed by atoms with Crippen molar-refractivity contribution in [3.63, 3.8) is 0 Å². The summed E-state index contributed by atoms with van der Waals surface area (Å²) in [5, 5.41) is 15.8. The molecule has 10 heteroatoms. The molecule has 0 saturated carbocycles. The Morgan fingerprint density at radius 1 is 1.11 bits per heavy atom. The van der Waals surface area contributed by atoms with Crippen LogP contribution in [0.3, 0.4) is 0 Å². The zero-order chi connectivity index (χ0) is 25.5. The van der Waals surface area contributed by atoms with Crippen LogP contribution in [0.1, 0.15) is 11.1 Å². The Hall–Kier alpha value is -4.57. The summed E-state index contributed by atoms with van der Waals surface area (Å²) in [5.74, 6) is -0.421. The van der Waals surface area contributed by atoms with Crippen molar-refractivity contribution in [2.75, 3.05) is 5.75 Å². The van der Waals surface area contributed by atoms with Gasteiger partial charge in [-0.3, -0.25) is 24.3 Å². The van der Waals surface area contributed by atoms with Crippen LogP contribution in [-0.4, -0.2) is 32.3 Å². The Morgan fingerprint density at radius 2 is 1.83 bits per heavy atom. The summed E-state index contributed by atoms with van der Waals surface area (Å²) in [6.45, 7) is 1.96. The number of thioether (sulfide) groups is 1. The van der Waals surface area contributed by atoms with Gasteiger partial charge in [-0.25, -0.2) is 10.4 Å². The summed E-state index contributed by atoms with van der Waals surface area (Å²) in [5.41, 5.74) is 4.85. The van der Waals surface area contributed by atoms with Crippen LogP contribution in [0.4, 0.5) is 5.69 Å². The van der Waals surface area contributed by atoms with E-state index in [9.17, 15) is 19.7 Å². The van der Waals surface area contributed by atoms with E-state index < -0.39 is 10.8 Å². The first-order chi connectivity index (χ1) is 17.4. The number of hydrazone groups is 1. The van der Waals surface area contributed by atoms with E-state index in [1.807, 2.05) is 31.2 Å². The van der Waals surface area contributed by atoms with Crippen LogP contribution in [0, 0.1) is 17.0 Å². The molecule has 3 aromatic carbocycles. The predicted molar refractivity (Wildman–Crippen MR) is 142 cm³/mol. The van der Waals surface area contributed by atoms with Gasteiger partial charge in [0, 0.05) is 12.3 Å². The Bertz CT molecular complexity index is 1540. The largest absolute Gasteiger partial charge is 0.276 e. The molecule has 0 saturated heterocycles. The van der Waals surface area contributed by atoms with Crippen molar-refractivity contribution in [1.82, 2.24) is 15.0 Å². The quantitative estimate of drug-likeness (QED) is 0.125. The minimum absolute atomic E-state index is 0.0231. The van der Waals surface area contributed by atoms with Gasteiger partial charge in [0.1, 0.15) is 0 Å². The van der Waals surface area contributed by atoms with Crippen molar-refractivity contribution in [1.29, 1.82) is 0 Å². The summed E-state index contributed by atoms with van der Waals surface area (Å²) in [6.07, 6.45) is 4.35. The number of aromatic nitrogens is 2. The van der Waals surface area contributed by atoms with Crippen LogP contribution >= 0.6 is 11.8 Å². The van der Waals surface area contributed by atoms with E-state index in [1.54, 1.807) is 42.5 Å². The van der Waals surface area contributed by atoms with Gasteiger partial charge in [0.2, 0.25) is 0 Å². The fraction of sp³-hybridized carbons (Fsp3) is 0.0769. The number of carbonyl (C=O) groups is 1. The van der Waals surface area contributed by atoms with Gasteiger partial charge >= 0.3 is 0 Å². The molecule has 0 aliphatic rings. The summed E-state index contributed by atoms with van der Waals surface area (Å²) < 4.78 is 1.50. The van der Waals surface area contributed by atoms with Gasteiger partial charge in [0.15, 0.2) is 5.16 Å². The standard InChI is InChI=1S/C26H21N5O4S/c1-18-12-14-20(15-13-18)30-25(33)21-9-3-4-10-22(21)28-26(30)36-17-24(32)29-27-16-6-8-19-7-2-5-11-23(19)31(34)35/h2-16H,17H2,1H3,(H,29,32)/b8-6+,27-16?. The van der Waals surface area contributed by atoms with Gasteiger partial charge in [-0.05, 0) is 49.4 Å². The van der Waals surface area contributed by atoms with Crippen molar-refractivity contribution in [2.45, 2.75) is 12.1 Å². The third-order valence-corrected chi connectivity index (χ3v) is 6.07. The number of nitrogens with zero attached hydrogens (tertiary/aromatic N) is 4. The molecule has 0 spiro atoms. The second-order valence-corrected chi connectivity index (χ2v) is 8.61. The van der Waals surface area contributed by atoms with Crippen molar-refractivity contribution < 1.29 is 9.72 Å². The van der Waals surface area contributed by atoms with Crippen LogP contribution < -0.4 is 11.0 Å². The normalized spacial score (nSPS) is 11.4. The molecule has 0 aliphatic carbocycles. The maximum atomic E-state index is 13.2. The first kappa shape index (κ1) is 24.6. The fourth-order valence-electron chi connectivity index (χ4n) is 3.39. The Morgan fingerprint density at radius 3 is 2.61 bits per heavy atom. The number of hydrogen-bond acceptors (Lipinski definition) is 7. The molecule has 1 N–H and O–H groups in total. The molecule has 4 aromatic rings. The van der Waals surface area contributed by atoms with Crippen molar-refractivity contribution in [3.8, 4) is 5.69 Å². The highest BCUT2D eigenvalue weighted by Gasteiger charge is 2.14. The molecule has 0 aliphatic heterocycles. The van der Waals surface area contributed by atoms with E-state index >= 15 is 0 Å². The van der Waals surface area contributed by atoms with E-state index in [0.29, 0.717) is 27.3 Å². The van der Waals surface area contributed by atoms with Gasteiger partial charge in [-0.2, -0.15) is 5.10 Å². The molecule has 0 atom stereocenters. The molecule has 180 valence electrons. The van der Waals surface area contributed by atoms with E-state index in [4.69, 9.17) is 0 Å². The number of nitro benzene ring substituents is 1. The predicted octanol–water partition coefficient (Wildman–Crippen LogP) is 4.51. The Labute approximate surface area is 210 Å². The number of hydrogen-bond donors (Lipinski definition) is 1. The van der Waals surface area contributed by atoms with Crippen LogP contribution in [0.5, 0.6) is 0 Å². The highest BCUT2D eigenvalue weighted by Crippen LogP contribution is 2.22. The van der Waals surface area contributed by atoms with Gasteiger partial charge in [0.25, 0.3) is 17.2 Å². The zero-order valence-electron chi connectivity index (χ0n) is 19.2. The molecular weight excluding hydrogens is 478 g/mol. The van der Waals surface area contributed by atoms with E-state index in [1.165, 1.54) is 29.0 Å². The number of rotatable bonds is 8. The SMILES string of the molecule is Cc1ccc(-n2c(SCC(=O)NN=C/C=C/c3ccccc3[N+](=O)[O-])nc3ccccc3c2=O)cc1. The molecule has 1 heterocycles. The molecular formula is C26H21N5O4S. The molecule has 4 rings (SSSR count). The number of amides is 1. The van der Waals surface area contributed by atoms with Crippen molar-refractivity contribution in [3.05, 3.63) is 110 Å². The van der Waals surface area contributed by atoms with E-state index in [2.05, 4.69) is 15.5 Å². The van der Waals surface area contributed by atoms with Gasteiger partial charge in [-0.1, -0.05) is 53.7 Å². The Kier molecular flexibility index (Phi) is 7.66. The number of nitrogens with one attached hydrogen (secondary N) is 1. The number of fused-ring (bicyclic) bond motifs is 1. The maximum Gasteiger partial charge on any atom is 0.276 e. The minimum Gasteiger partial charge on any atom is -0.272 e. The molecule has 36 heavy (non-hydrogen) atoms. The lowest BCUT2D eigenvalue weighted by molar-refractivity contribution is -0.385. The van der Waals surface area contributed by atoms with Gasteiger partial charge < -0.3 is 0 Å². The smallest absolute Gasteiger partial charge is 0.272 e. The van der Waals surface area contributed by atoms with Crippen LogP contribution in [0.15, 0.2) is 93.9 Å². The molecule has 1 amide bonds. The number of carbonyl (C=O) groups excluding carboxylic acids is 1. The van der Waals surface area contributed by atoms with Crippen molar-refractivity contribution >= 4 is 46.5 Å². The van der Waals surface area contributed by atoms with Gasteiger partial charge in [-0.15, -0.1) is 0 Å². The number of para-hydroxylation sites is 2. The highest BCUT2D eigenvalue weighted by molar-refractivity contribution is 7.99. The monoisotopic (exact) mass is 499 g/mol. The molecule has 0 bridgehead atoms. The number of benzene rings is 3. The minimum atomic E-state index is -0.465. The lowest BCUT2D eigenvalue weighted by Gasteiger charge is -2.13. The third-order valence-electron chi connectivity index (χ3n) is 5.13. The number of aryl methyl sites for hydroxylation is 1. The summed E-state index contributed by atoms with van der Waals surface area (Å²) in [7, 11) is 0. The summed E-state index contributed by atoms with van der Waals surface area (Å²) in [4.78, 5) is 40.8. The van der Waals surface area contributed by atoms with Crippen LogP contribution in [-0.2, 0) is 4.79 Å². The van der Waals surface area contributed by atoms with E-state index in [-0.39, 0.29) is 17.0 Å². The molecule has 9 nitrogen and oxygen atoms in total. The maximum absolute atomic E-state index is 13.2. The lowest BCUT2D eigenvalue weighted by atomic mass is 10.2. The van der Waals surface area contributed by atoms with Crippen LogP contribution in [0.2, 0.25) is 0 Å². The Balaban J connectivity index is 1.47. The third kappa shape index (κ3) is 5.73. The number of allylic oxidation sites excluding steroid dienone is 1. The average molecular weight is 500 g/mol. The topological polar surface area (TPSA) is 119 Å². The first-order valence-electron chi connectivity index (χ1n) is 10.9. The average Bonchev–Trinajstić information content (AvgIpc) is 2.88. The second kappa shape index (κ2) is 11.2. The number of nitro groups is 1. The van der Waals surface area contributed by atoms with Crippen molar-refractivity contribution in [2.24, 2.45) is 5.10 Å². The first-order valence-corrected chi connectivity index (χ1v) is 11.9. The van der Waals surface area contributed by atoms with Crippen LogP contribution in [0.25, 0.3) is 22.7 Å². The highest BCUT2D eigenvalue weighted by atomic mass is 32.2. The van der Waals surface area contributed by atoms with Gasteiger partial charge in [0.05, 0.1) is 32.8 Å². The lowest BCUT2D eigenvalue weighted by Crippen LogP contribution is -2.24. The fourth-order valence-corrected chi connectivity index (χ4v) is 4.19. The second-order valence-electron chi connectivity index (χ2n) is 7.66. The molecule has 0 fully saturated rings. The van der Waals surface area contributed by atoms with E-state index in [0.717, 1.165) is 17.3 Å². The zero-order valence-corrected chi connectivity index (χ0v) is 20.0.